The highest BCUT2D eigenvalue weighted by atomic mass is 28.4. The summed E-state index contributed by atoms with van der Waals surface area (Å²) in [5.41, 5.74) is -1.18. The van der Waals surface area contributed by atoms with Crippen LogP contribution in [-0.4, -0.2) is 181 Å². The van der Waals surface area contributed by atoms with Gasteiger partial charge in [0.2, 0.25) is 0 Å². The smallest absolute Gasteiger partial charge is 0.311 e. The van der Waals surface area contributed by atoms with Crippen LogP contribution in [-0.2, 0) is 69.9 Å². The van der Waals surface area contributed by atoms with E-state index in [1.54, 1.807) is 13.2 Å². The van der Waals surface area contributed by atoms with Crippen molar-refractivity contribution in [2.75, 3.05) is 20.3 Å². The van der Waals surface area contributed by atoms with Crippen molar-refractivity contribution < 1.29 is 75.0 Å². The number of aliphatic hydroxyl groups is 1. The van der Waals surface area contributed by atoms with Crippen LogP contribution in [0.4, 0.5) is 0 Å². The Morgan fingerprint density at radius 3 is 0.820 bits per heavy atom. The summed E-state index contributed by atoms with van der Waals surface area (Å²) < 4.78 is 94.1. The summed E-state index contributed by atoms with van der Waals surface area (Å²) in [6, 6.07) is 85.7. The predicted molar refractivity (Wildman–Crippen MR) is 524 cm³/mol. The number of carbonyl (C=O) groups is 2. The zero-order valence-corrected chi connectivity index (χ0v) is 82.7. The lowest BCUT2D eigenvalue weighted by Crippen LogP contribution is -2.73. The van der Waals surface area contributed by atoms with E-state index in [2.05, 4.69) is 339 Å². The molecule has 1 N–H and O–H groups in total. The highest BCUT2D eigenvalue weighted by Crippen LogP contribution is 2.52. The van der Waals surface area contributed by atoms with Crippen LogP contribution in [0.3, 0.4) is 0 Å². The molecule has 20 heteroatoms. The molecule has 6 saturated heterocycles. The molecule has 0 bridgehead atoms. The van der Waals surface area contributed by atoms with E-state index in [-0.39, 0.29) is 89.7 Å². The fraction of sp³-hybridized carbons (Fsp3) is 0.500. The SMILES string of the molecule is C.C=CC(C[C@H]1O[C@H]2[C@@H](O[Si](c3ccccc3)(c3ccccc3)C(C)(C)C)[C@H]3O[C@@H](CCOC(=O)C(C)(C)C)CC[C@@H]3O[C@H]2[C@H]1O[Si](c1ccccc1)(c1ccccc1)C(C)(C)C)OC.C=CC(O)C[C@H]1O[C@H]2[C@@H](O[Si](c3ccccc3)(c3ccccc3)C(C)(C)C)[C@H]3O[C@@H](CCOC(=O)C(C)(C)C)CC[C@@H]3O[C@H]2[C@H]1O[Si](c1ccccc1)(c1ccccc1)C(C)(C)C. The molecule has 6 fully saturated rings. The van der Waals surface area contributed by atoms with Crippen molar-refractivity contribution in [1.82, 2.24) is 0 Å². The van der Waals surface area contributed by atoms with Crippen LogP contribution in [0.5, 0.6) is 0 Å². The molecule has 0 radical (unpaired) electrons. The van der Waals surface area contributed by atoms with Gasteiger partial charge in [-0.2, -0.15) is 0 Å². The van der Waals surface area contributed by atoms with E-state index in [0.717, 1.165) is 46.4 Å². The van der Waals surface area contributed by atoms with E-state index in [1.807, 2.05) is 47.6 Å². The van der Waals surface area contributed by atoms with Crippen molar-refractivity contribution in [2.45, 2.75) is 313 Å². The average Bonchev–Trinajstić information content (AvgIpc) is 1.46. The number of ether oxygens (including phenoxy) is 9. The molecule has 6 aliphatic heterocycles. The third-order valence-electron chi connectivity index (χ3n) is 26.9. The van der Waals surface area contributed by atoms with E-state index in [1.165, 1.54) is 20.7 Å². The van der Waals surface area contributed by atoms with Crippen LogP contribution in [0.25, 0.3) is 0 Å². The molecule has 18 atom stereocenters. The Kier molecular flexibility index (Phi) is 32.2. The highest BCUT2D eigenvalue weighted by Gasteiger charge is 2.68. The van der Waals surface area contributed by atoms with E-state index in [0.29, 0.717) is 19.3 Å². The molecule has 0 aromatic heterocycles. The van der Waals surface area contributed by atoms with Gasteiger partial charge in [0.05, 0.1) is 72.9 Å². The Labute approximate surface area is 769 Å². The van der Waals surface area contributed by atoms with Gasteiger partial charge >= 0.3 is 11.9 Å². The highest BCUT2D eigenvalue weighted by molar-refractivity contribution is 7.01. The Bertz CT molecular complexity index is 4660. The molecule has 128 heavy (non-hydrogen) atoms. The number of methoxy groups -OCH3 is 1. The third kappa shape index (κ3) is 20.8. The van der Waals surface area contributed by atoms with E-state index in [9.17, 15) is 14.7 Å². The molecule has 6 heterocycles. The van der Waals surface area contributed by atoms with Crippen molar-refractivity contribution >= 4 is 86.7 Å². The second-order valence-corrected chi connectivity index (χ2v) is 58.8. The molecule has 0 amide bonds. The largest absolute Gasteiger partial charge is 0.465 e. The lowest BCUT2D eigenvalue weighted by Gasteiger charge is -2.53. The average molecular weight is 1810 g/mol. The van der Waals surface area contributed by atoms with Gasteiger partial charge in [0.15, 0.2) is 0 Å². The first-order chi connectivity index (χ1) is 60.3. The van der Waals surface area contributed by atoms with E-state index in [4.69, 9.17) is 60.3 Å². The molecular weight excluding hydrogens is 1670 g/mol. The number of carbonyl (C=O) groups excluding carboxylic acids is 2. The lowest BCUT2D eigenvalue weighted by molar-refractivity contribution is -0.256. The normalized spacial score (nSPS) is 25.7. The molecule has 2 unspecified atom stereocenters. The van der Waals surface area contributed by atoms with Gasteiger partial charge in [-0.25, -0.2) is 0 Å². The first-order valence-corrected chi connectivity index (χ1v) is 53.9. The second kappa shape index (κ2) is 41.4. The van der Waals surface area contributed by atoms with Crippen molar-refractivity contribution in [3.63, 3.8) is 0 Å². The van der Waals surface area contributed by atoms with Gasteiger partial charge in [0.1, 0.15) is 61.0 Å². The van der Waals surface area contributed by atoms with E-state index >= 15 is 0 Å². The van der Waals surface area contributed by atoms with Crippen LogP contribution < -0.4 is 41.5 Å². The summed E-state index contributed by atoms with van der Waals surface area (Å²) in [5.74, 6) is -0.448. The van der Waals surface area contributed by atoms with Gasteiger partial charge in [-0.05, 0) is 129 Å². The van der Waals surface area contributed by atoms with Crippen LogP contribution in [0.2, 0.25) is 20.2 Å². The Hall–Kier alpha value is -7.43. The van der Waals surface area contributed by atoms with Crippen molar-refractivity contribution in [1.29, 1.82) is 0 Å². The molecule has 0 saturated carbocycles. The summed E-state index contributed by atoms with van der Waals surface area (Å²) in [6.45, 7) is 47.4. The van der Waals surface area contributed by atoms with Gasteiger partial charge in [-0.1, -0.05) is 345 Å². The number of rotatable bonds is 29. The third-order valence-corrected chi connectivity index (χ3v) is 47.0. The van der Waals surface area contributed by atoms with E-state index < -0.39 is 123 Å². The number of esters is 2. The Morgan fingerprint density at radius 2 is 0.594 bits per heavy atom. The summed E-state index contributed by atoms with van der Waals surface area (Å²) in [6.07, 6.45) is -0.201. The van der Waals surface area contributed by atoms with Crippen LogP contribution in [0.15, 0.2) is 268 Å². The standard InChI is InChI=1S/C54H72O8Si2.C53H70O8Si2.CH4/c1-12-38(56-11)37-45-47(61-63(53(5,6)7,40-25-17-13-18-26-40)41-27-19-14-20-28-41)48-49(60-45)50(46-44(59-48)34-33-39(58-46)35-36-57-51(55)52(2,3)4)62-64(54(8,9)10,42-29-21-15-22-30-42)43-31-23-16-24-32-43;1-11-37(54)36-44-46(60-62(52(5,6)7,39-24-16-12-17-25-39)40-26-18-13-19-27-40)47-48(59-44)49(45-43(58-47)33-32-38(57-45)34-35-56-50(55)51(2,3)4)61-63(53(8,9)10,41-28-20-14-21-29-41)42-30-22-15-23-31-42;/h12-32,38-39,44-50H,1,33-37H2,2-11H3;11-31,37-38,43-49,54H,1,32-36H2,2-10H3;1H4/t38?,39-,44+,45-,46+,47+,48+,49-,50+;37?,38-,43+,44-,45+,46+,47+,48-,49+;/m11./s1. The minimum Gasteiger partial charge on any atom is -0.465 e. The summed E-state index contributed by atoms with van der Waals surface area (Å²) in [4.78, 5) is 25.6. The monoisotopic (exact) mass is 1810 g/mol. The summed E-state index contributed by atoms with van der Waals surface area (Å²) in [7, 11) is -11.0. The molecule has 6 aliphatic rings. The number of hydrogen-bond donors (Lipinski definition) is 1. The minimum absolute atomic E-state index is 0. The van der Waals surface area contributed by atoms with Crippen molar-refractivity contribution in [3.8, 4) is 0 Å². The molecule has 16 nitrogen and oxygen atoms in total. The predicted octanol–water partition coefficient (Wildman–Crippen LogP) is 17.0. The first-order valence-electron chi connectivity index (χ1n) is 46.2. The van der Waals surface area contributed by atoms with Gasteiger partial charge in [-0.3, -0.25) is 9.59 Å². The van der Waals surface area contributed by atoms with Gasteiger partial charge in [0.25, 0.3) is 33.3 Å². The second-order valence-electron chi connectivity index (χ2n) is 41.8. The quantitative estimate of drug-likeness (QED) is 0.0266. The zero-order chi connectivity index (χ0) is 91.1. The Balaban J connectivity index is 0.000000230. The van der Waals surface area contributed by atoms with Gasteiger partial charge in [-0.15, -0.1) is 13.2 Å². The van der Waals surface area contributed by atoms with Crippen molar-refractivity contribution in [2.24, 2.45) is 10.8 Å². The molecule has 0 aliphatic carbocycles. The summed E-state index contributed by atoms with van der Waals surface area (Å²) in [5, 5.41) is 19.4. The number of hydrogen-bond acceptors (Lipinski definition) is 16. The van der Waals surface area contributed by atoms with Gasteiger partial charge in [0, 0.05) is 32.8 Å². The molecule has 690 valence electrons. The van der Waals surface area contributed by atoms with Crippen LogP contribution in [0.1, 0.15) is 183 Å². The molecule has 8 aromatic rings. The minimum atomic E-state index is -3.20. The molecular formula is C108H146O16Si4. The molecule has 0 spiro atoms. The van der Waals surface area contributed by atoms with Crippen LogP contribution in [0, 0.1) is 10.8 Å². The lowest BCUT2D eigenvalue weighted by atomic mass is 9.88. The maximum Gasteiger partial charge on any atom is 0.311 e. The maximum absolute atomic E-state index is 12.8. The molecule has 8 aromatic carbocycles. The number of fused-ring (bicyclic) bond motifs is 4. The first kappa shape index (κ1) is 99.6. The van der Waals surface area contributed by atoms with Gasteiger partial charge < -0.3 is 65.4 Å². The zero-order valence-electron chi connectivity index (χ0n) is 78.7. The fourth-order valence-electron chi connectivity index (χ4n) is 20.6. The number of aliphatic hydroxyl groups excluding tert-OH is 1. The van der Waals surface area contributed by atoms with Crippen LogP contribution >= 0.6 is 0 Å². The Morgan fingerprint density at radius 1 is 0.352 bits per heavy atom. The van der Waals surface area contributed by atoms with Crippen molar-refractivity contribution in [3.05, 3.63) is 268 Å². The summed E-state index contributed by atoms with van der Waals surface area (Å²) >= 11 is 0. The number of benzene rings is 8. The topological polar surface area (TPSA) is 174 Å². The molecule has 14 rings (SSSR count). The fourth-order valence-corrected chi connectivity index (χ4v) is 39.4. The maximum atomic E-state index is 12.8.